The maximum Gasteiger partial charge on any atom is 0.265 e. The SMILES string of the molecule is Cc1cc(C)c(OCc2csc(C(=O)Nc3ccc(C)c(Cl)c3)c2)c(C)c1. The summed E-state index contributed by atoms with van der Waals surface area (Å²) in [6.45, 7) is 8.54. The Bertz CT molecular complexity index is 971. The van der Waals surface area contributed by atoms with Crippen LogP contribution >= 0.6 is 22.9 Å². The van der Waals surface area contributed by atoms with Crippen molar-refractivity contribution >= 4 is 34.5 Å². The van der Waals surface area contributed by atoms with E-state index >= 15 is 0 Å². The van der Waals surface area contributed by atoms with Crippen LogP contribution in [0.4, 0.5) is 5.69 Å². The van der Waals surface area contributed by atoms with Gasteiger partial charge in [0.25, 0.3) is 5.91 Å². The number of halogens is 1. The highest BCUT2D eigenvalue weighted by molar-refractivity contribution is 7.12. The highest BCUT2D eigenvalue weighted by Crippen LogP contribution is 2.27. The third kappa shape index (κ3) is 4.71. The quantitative estimate of drug-likeness (QED) is 0.534. The van der Waals surface area contributed by atoms with E-state index in [1.807, 2.05) is 30.5 Å². The van der Waals surface area contributed by atoms with Gasteiger partial charge >= 0.3 is 0 Å². The minimum atomic E-state index is -0.145. The van der Waals surface area contributed by atoms with Crippen LogP contribution in [0.2, 0.25) is 5.02 Å². The number of benzene rings is 2. The number of carbonyl (C=O) groups excluding carboxylic acids is 1. The van der Waals surface area contributed by atoms with Crippen molar-refractivity contribution < 1.29 is 9.53 Å². The van der Waals surface area contributed by atoms with E-state index in [4.69, 9.17) is 16.3 Å². The minimum Gasteiger partial charge on any atom is -0.488 e. The molecule has 0 fully saturated rings. The molecule has 1 heterocycles. The number of carbonyl (C=O) groups is 1. The van der Waals surface area contributed by atoms with E-state index in [9.17, 15) is 4.79 Å². The van der Waals surface area contributed by atoms with Crippen molar-refractivity contribution in [3.05, 3.63) is 79.5 Å². The Hall–Kier alpha value is -2.30. The van der Waals surface area contributed by atoms with Crippen LogP contribution in [0.5, 0.6) is 5.75 Å². The lowest BCUT2D eigenvalue weighted by molar-refractivity contribution is 0.103. The summed E-state index contributed by atoms with van der Waals surface area (Å²) in [5.41, 5.74) is 6.11. The largest absolute Gasteiger partial charge is 0.488 e. The molecule has 140 valence electrons. The molecule has 0 aliphatic heterocycles. The molecule has 0 atom stereocenters. The van der Waals surface area contributed by atoms with Gasteiger partial charge in [-0.3, -0.25) is 4.79 Å². The van der Waals surface area contributed by atoms with Gasteiger partial charge in [0, 0.05) is 16.3 Å². The highest BCUT2D eigenvalue weighted by atomic mass is 35.5. The topological polar surface area (TPSA) is 38.3 Å². The zero-order valence-corrected chi connectivity index (χ0v) is 17.4. The molecule has 5 heteroatoms. The van der Waals surface area contributed by atoms with Crippen LogP contribution in [0, 0.1) is 27.7 Å². The number of nitrogens with one attached hydrogen (secondary N) is 1. The molecule has 0 saturated carbocycles. The molecule has 0 unspecified atom stereocenters. The van der Waals surface area contributed by atoms with Gasteiger partial charge in [0.2, 0.25) is 0 Å². The van der Waals surface area contributed by atoms with Crippen molar-refractivity contribution in [1.82, 2.24) is 0 Å². The average molecular weight is 400 g/mol. The van der Waals surface area contributed by atoms with E-state index in [1.165, 1.54) is 16.9 Å². The Labute approximate surface area is 169 Å². The smallest absolute Gasteiger partial charge is 0.265 e. The lowest BCUT2D eigenvalue weighted by Gasteiger charge is -2.12. The molecule has 0 aliphatic carbocycles. The van der Waals surface area contributed by atoms with Gasteiger partial charge in [-0.25, -0.2) is 0 Å². The lowest BCUT2D eigenvalue weighted by Crippen LogP contribution is -2.10. The van der Waals surface area contributed by atoms with Gasteiger partial charge in [0.15, 0.2) is 0 Å². The average Bonchev–Trinajstić information content (AvgIpc) is 3.06. The summed E-state index contributed by atoms with van der Waals surface area (Å²) < 4.78 is 6.01. The second kappa shape index (κ2) is 8.15. The van der Waals surface area contributed by atoms with Gasteiger partial charge in [-0.15, -0.1) is 11.3 Å². The van der Waals surface area contributed by atoms with Gasteiger partial charge < -0.3 is 10.1 Å². The molecular formula is C22H22ClNO2S. The second-order valence-electron chi connectivity index (χ2n) is 6.75. The maximum atomic E-state index is 12.5. The summed E-state index contributed by atoms with van der Waals surface area (Å²) in [6.07, 6.45) is 0. The number of thiophene rings is 1. The molecule has 3 nitrogen and oxygen atoms in total. The number of ether oxygens (including phenoxy) is 1. The van der Waals surface area contributed by atoms with E-state index in [2.05, 4.69) is 38.2 Å². The fraction of sp³-hybridized carbons (Fsp3) is 0.227. The summed E-state index contributed by atoms with van der Waals surface area (Å²) in [7, 11) is 0. The van der Waals surface area contributed by atoms with E-state index < -0.39 is 0 Å². The first-order chi connectivity index (χ1) is 12.8. The molecule has 0 aliphatic rings. The molecule has 27 heavy (non-hydrogen) atoms. The third-order valence-corrected chi connectivity index (χ3v) is 5.68. The van der Waals surface area contributed by atoms with E-state index in [1.54, 1.807) is 6.07 Å². The Morgan fingerprint density at radius 3 is 2.41 bits per heavy atom. The van der Waals surface area contributed by atoms with Crippen molar-refractivity contribution in [3.8, 4) is 5.75 Å². The van der Waals surface area contributed by atoms with Crippen LogP contribution in [-0.4, -0.2) is 5.91 Å². The van der Waals surface area contributed by atoms with E-state index in [-0.39, 0.29) is 5.91 Å². The van der Waals surface area contributed by atoms with Gasteiger partial charge in [0.1, 0.15) is 12.4 Å². The van der Waals surface area contributed by atoms with Gasteiger partial charge in [0.05, 0.1) is 4.88 Å². The Kier molecular flexibility index (Phi) is 5.88. The molecule has 1 amide bonds. The first-order valence-electron chi connectivity index (χ1n) is 8.69. The molecule has 1 aromatic heterocycles. The van der Waals surface area contributed by atoms with E-state index in [0.29, 0.717) is 22.2 Å². The summed E-state index contributed by atoms with van der Waals surface area (Å²) in [4.78, 5) is 13.1. The van der Waals surface area contributed by atoms with Gasteiger partial charge in [-0.2, -0.15) is 0 Å². The van der Waals surface area contributed by atoms with Crippen LogP contribution in [-0.2, 0) is 6.61 Å². The van der Waals surface area contributed by atoms with Crippen LogP contribution in [0.25, 0.3) is 0 Å². The predicted octanol–water partition coefficient (Wildman–Crippen LogP) is 6.47. The normalized spacial score (nSPS) is 10.7. The third-order valence-electron chi connectivity index (χ3n) is 4.30. The molecule has 1 N–H and O–H groups in total. The zero-order valence-electron chi connectivity index (χ0n) is 15.9. The van der Waals surface area contributed by atoms with Crippen molar-refractivity contribution in [1.29, 1.82) is 0 Å². The fourth-order valence-corrected chi connectivity index (χ4v) is 3.96. The molecule has 2 aromatic carbocycles. The Balaban J connectivity index is 1.66. The maximum absolute atomic E-state index is 12.5. The van der Waals surface area contributed by atoms with Crippen LogP contribution in [0.15, 0.2) is 41.8 Å². The Morgan fingerprint density at radius 1 is 1.04 bits per heavy atom. The molecule has 3 rings (SSSR count). The summed E-state index contributed by atoms with van der Waals surface area (Å²) in [5, 5.41) is 5.47. The van der Waals surface area contributed by atoms with Crippen LogP contribution < -0.4 is 10.1 Å². The minimum absolute atomic E-state index is 0.145. The summed E-state index contributed by atoms with van der Waals surface area (Å²) in [5.74, 6) is 0.765. The Morgan fingerprint density at radius 2 is 1.74 bits per heavy atom. The molecule has 0 spiro atoms. The molecule has 3 aromatic rings. The van der Waals surface area contributed by atoms with Gasteiger partial charge in [-0.1, -0.05) is 35.4 Å². The predicted molar refractivity (Wildman–Crippen MR) is 113 cm³/mol. The molecule has 0 radical (unpaired) electrons. The highest BCUT2D eigenvalue weighted by Gasteiger charge is 2.12. The second-order valence-corrected chi connectivity index (χ2v) is 8.07. The number of rotatable bonds is 5. The van der Waals surface area contributed by atoms with Crippen molar-refractivity contribution in [2.24, 2.45) is 0 Å². The monoisotopic (exact) mass is 399 g/mol. The number of amides is 1. The molecule has 0 saturated heterocycles. The van der Waals surface area contributed by atoms with Gasteiger partial charge in [-0.05, 0) is 68.0 Å². The van der Waals surface area contributed by atoms with Crippen molar-refractivity contribution in [2.75, 3.05) is 5.32 Å². The van der Waals surface area contributed by atoms with Crippen molar-refractivity contribution in [2.45, 2.75) is 34.3 Å². The summed E-state index contributed by atoms with van der Waals surface area (Å²) >= 11 is 7.52. The van der Waals surface area contributed by atoms with E-state index in [0.717, 1.165) is 28.0 Å². The number of hydrogen-bond acceptors (Lipinski definition) is 3. The number of anilines is 1. The fourth-order valence-electron chi connectivity index (χ4n) is 2.98. The summed E-state index contributed by atoms with van der Waals surface area (Å²) in [6, 6.07) is 11.6. The first-order valence-corrected chi connectivity index (χ1v) is 9.95. The van der Waals surface area contributed by atoms with Crippen LogP contribution in [0.3, 0.4) is 0 Å². The van der Waals surface area contributed by atoms with Crippen molar-refractivity contribution in [3.63, 3.8) is 0 Å². The number of hydrogen-bond donors (Lipinski definition) is 1. The number of aryl methyl sites for hydroxylation is 4. The molecular weight excluding hydrogens is 378 g/mol. The first kappa shape index (κ1) is 19.5. The van der Waals surface area contributed by atoms with Crippen LogP contribution in [0.1, 0.15) is 37.5 Å². The zero-order chi connectivity index (χ0) is 19.6. The standard InChI is InChI=1S/C22H22ClNO2S/c1-13-7-15(3)21(16(4)8-13)26-11-17-9-20(27-12-17)22(25)24-18-6-5-14(2)19(23)10-18/h5-10,12H,11H2,1-4H3,(H,24,25). The lowest BCUT2D eigenvalue weighted by atomic mass is 10.1. The molecule has 0 bridgehead atoms.